The number of hydrogen-bond donors (Lipinski definition) is 2. The third-order valence-electron chi connectivity index (χ3n) is 8.64. The van der Waals surface area contributed by atoms with Gasteiger partial charge in [-0.3, -0.25) is 14.4 Å². The number of aliphatic hydroxyl groups is 1. The van der Waals surface area contributed by atoms with Crippen LogP contribution < -0.4 is 5.73 Å². The molecule has 46 heavy (non-hydrogen) atoms. The van der Waals surface area contributed by atoms with Crippen LogP contribution in [-0.4, -0.2) is 88.4 Å². The fourth-order valence-electron chi connectivity index (χ4n) is 5.72. The van der Waals surface area contributed by atoms with Gasteiger partial charge in [0.15, 0.2) is 0 Å². The normalized spacial score (nSPS) is 15.4. The van der Waals surface area contributed by atoms with Gasteiger partial charge in [-0.2, -0.15) is 0 Å². The molecule has 0 unspecified atom stereocenters. The number of hydrogen-bond acceptors (Lipinski definition) is 5. The fourth-order valence-corrected chi connectivity index (χ4v) is 5.72. The Morgan fingerprint density at radius 3 is 1.93 bits per heavy atom. The fraction of sp³-hybridized carbons (Fsp3) is 0.395. The van der Waals surface area contributed by atoms with Crippen LogP contribution in [0.3, 0.4) is 0 Å². The number of benzene rings is 3. The maximum atomic E-state index is 14.5. The molecule has 0 bridgehead atoms. The quantitative estimate of drug-likeness (QED) is 0.290. The van der Waals surface area contributed by atoms with Crippen LogP contribution >= 0.6 is 0 Å². The highest BCUT2D eigenvalue weighted by Gasteiger charge is 2.37. The standard InChI is InChI=1S/C38H48N4O4/c1-38(2,39)23-11-16-35(44)40(3)33(27-29-17-19-31(20-18-29)30-14-9-6-10-15-30)36(45)41(4)34(26-28-12-7-5-8-13-28)37(46)42-24-21-32(43)22-25-42/h5-20,32-34,43H,21-27,39H2,1-4H3/b16-11+/t33-,34-/m1/s1. The minimum absolute atomic E-state index is 0.156. The van der Waals surface area contributed by atoms with Crippen molar-refractivity contribution in [2.24, 2.45) is 5.73 Å². The number of carbonyl (C=O) groups excluding carboxylic acids is 3. The van der Waals surface area contributed by atoms with Gasteiger partial charge in [-0.05, 0) is 61.4 Å². The van der Waals surface area contributed by atoms with Crippen molar-refractivity contribution in [1.82, 2.24) is 14.7 Å². The molecule has 1 fully saturated rings. The lowest BCUT2D eigenvalue weighted by Crippen LogP contribution is -2.57. The Morgan fingerprint density at radius 1 is 0.826 bits per heavy atom. The lowest BCUT2D eigenvalue weighted by molar-refractivity contribution is -0.150. The monoisotopic (exact) mass is 624 g/mol. The number of rotatable bonds is 12. The van der Waals surface area contributed by atoms with E-state index in [0.29, 0.717) is 38.8 Å². The van der Waals surface area contributed by atoms with Crippen LogP contribution in [0.25, 0.3) is 11.1 Å². The van der Waals surface area contributed by atoms with Gasteiger partial charge in [-0.25, -0.2) is 0 Å². The van der Waals surface area contributed by atoms with Crippen LogP contribution in [0.5, 0.6) is 0 Å². The summed E-state index contributed by atoms with van der Waals surface area (Å²) < 4.78 is 0. The molecule has 1 aliphatic rings. The van der Waals surface area contributed by atoms with Crippen molar-refractivity contribution in [2.75, 3.05) is 27.2 Å². The molecule has 8 heteroatoms. The summed E-state index contributed by atoms with van der Waals surface area (Å²) in [5.41, 5.74) is 9.62. The topological polar surface area (TPSA) is 107 Å². The Hall–Kier alpha value is -4.27. The summed E-state index contributed by atoms with van der Waals surface area (Å²) in [7, 11) is 3.29. The van der Waals surface area contributed by atoms with Crippen LogP contribution in [0.15, 0.2) is 97.1 Å². The molecule has 0 spiro atoms. The molecule has 3 amide bonds. The summed E-state index contributed by atoms with van der Waals surface area (Å²) in [6, 6.07) is 26.1. The van der Waals surface area contributed by atoms with Gasteiger partial charge in [0.25, 0.3) is 0 Å². The predicted octanol–water partition coefficient (Wildman–Crippen LogP) is 4.46. The van der Waals surface area contributed by atoms with Crippen LogP contribution in [0, 0.1) is 0 Å². The number of likely N-dealkylation sites (N-methyl/N-ethyl adjacent to an activating group) is 2. The van der Waals surface area contributed by atoms with E-state index in [1.54, 1.807) is 25.1 Å². The molecule has 0 radical (unpaired) electrons. The second-order valence-corrected chi connectivity index (χ2v) is 13.0. The summed E-state index contributed by atoms with van der Waals surface area (Å²) in [6.45, 7) is 4.65. The molecule has 1 saturated heterocycles. The largest absolute Gasteiger partial charge is 0.393 e. The van der Waals surface area contributed by atoms with Gasteiger partial charge < -0.3 is 25.5 Å². The first kappa shape index (κ1) is 34.6. The molecule has 3 N–H and O–H groups in total. The van der Waals surface area contributed by atoms with Gasteiger partial charge in [0.05, 0.1) is 6.10 Å². The van der Waals surface area contributed by atoms with Crippen LogP contribution in [-0.2, 0) is 27.2 Å². The zero-order valence-corrected chi connectivity index (χ0v) is 27.5. The second kappa shape index (κ2) is 15.8. The molecule has 4 rings (SSSR count). The molecule has 0 saturated carbocycles. The minimum atomic E-state index is -0.857. The number of aliphatic hydroxyl groups excluding tert-OH is 1. The molecule has 2 atom stereocenters. The molecule has 3 aromatic rings. The van der Waals surface area contributed by atoms with Crippen LogP contribution in [0.1, 0.15) is 44.2 Å². The smallest absolute Gasteiger partial charge is 0.246 e. The second-order valence-electron chi connectivity index (χ2n) is 13.0. The van der Waals surface area contributed by atoms with Gasteiger partial charge in [0.1, 0.15) is 12.1 Å². The van der Waals surface area contributed by atoms with Gasteiger partial charge in [-0.15, -0.1) is 0 Å². The Balaban J connectivity index is 1.63. The van der Waals surface area contributed by atoms with Gasteiger partial charge in [0, 0.05) is 45.6 Å². The number of piperidine rings is 1. The average molecular weight is 625 g/mol. The molecule has 0 aromatic heterocycles. The molecule has 8 nitrogen and oxygen atoms in total. The number of nitrogens with zero attached hydrogens (tertiary/aromatic N) is 3. The Bertz CT molecular complexity index is 1460. The average Bonchev–Trinajstić information content (AvgIpc) is 3.05. The maximum Gasteiger partial charge on any atom is 0.246 e. The third kappa shape index (κ3) is 9.61. The highest BCUT2D eigenvalue weighted by atomic mass is 16.3. The molecule has 3 aromatic carbocycles. The third-order valence-corrected chi connectivity index (χ3v) is 8.64. The highest BCUT2D eigenvalue weighted by Crippen LogP contribution is 2.22. The molecular weight excluding hydrogens is 576 g/mol. The van der Waals surface area contributed by atoms with E-state index in [1.165, 1.54) is 15.9 Å². The van der Waals surface area contributed by atoms with Crippen LogP contribution in [0.2, 0.25) is 0 Å². The van der Waals surface area contributed by atoms with Crippen molar-refractivity contribution in [3.63, 3.8) is 0 Å². The number of carbonyl (C=O) groups is 3. The first-order valence-corrected chi connectivity index (χ1v) is 16.1. The lowest BCUT2D eigenvalue weighted by Gasteiger charge is -2.38. The Kier molecular flexibility index (Phi) is 11.9. The van der Waals surface area contributed by atoms with E-state index in [0.717, 1.165) is 22.3 Å². The van der Waals surface area contributed by atoms with Crippen molar-refractivity contribution in [3.8, 4) is 11.1 Å². The molecule has 244 valence electrons. The van der Waals surface area contributed by atoms with Crippen LogP contribution in [0.4, 0.5) is 0 Å². The predicted molar refractivity (Wildman–Crippen MR) is 183 cm³/mol. The highest BCUT2D eigenvalue weighted by molar-refractivity contribution is 5.95. The number of nitrogens with two attached hydrogens (primary N) is 1. The first-order valence-electron chi connectivity index (χ1n) is 16.1. The number of amides is 3. The summed E-state index contributed by atoms with van der Waals surface area (Å²) in [5.74, 6) is -0.786. The van der Waals surface area contributed by atoms with E-state index >= 15 is 0 Å². The molecule has 1 heterocycles. The van der Waals surface area contributed by atoms with E-state index in [4.69, 9.17) is 5.73 Å². The van der Waals surface area contributed by atoms with E-state index in [9.17, 15) is 19.5 Å². The van der Waals surface area contributed by atoms with Gasteiger partial charge >= 0.3 is 0 Å². The molecular formula is C38H48N4O4. The Labute approximate surface area is 273 Å². The molecule has 1 aliphatic heterocycles. The summed E-state index contributed by atoms with van der Waals surface area (Å²) in [6.07, 6.45) is 4.92. The SMILES string of the molecule is CN(C(=O)/C=C/CC(C)(C)N)[C@H](Cc1ccc(-c2ccccc2)cc1)C(=O)N(C)[C@H](Cc1ccccc1)C(=O)N1CCC(O)CC1. The van der Waals surface area contributed by atoms with Crippen molar-refractivity contribution in [3.05, 3.63) is 108 Å². The zero-order valence-electron chi connectivity index (χ0n) is 27.5. The van der Waals surface area contributed by atoms with Crippen molar-refractivity contribution in [2.45, 2.75) is 69.7 Å². The molecule has 0 aliphatic carbocycles. The summed E-state index contributed by atoms with van der Waals surface area (Å²) in [5, 5.41) is 10.0. The van der Waals surface area contributed by atoms with E-state index < -0.39 is 23.7 Å². The lowest BCUT2D eigenvalue weighted by atomic mass is 9.97. The van der Waals surface area contributed by atoms with Crippen molar-refractivity contribution < 1.29 is 19.5 Å². The maximum absolute atomic E-state index is 14.5. The van der Waals surface area contributed by atoms with Crippen molar-refractivity contribution >= 4 is 17.7 Å². The summed E-state index contributed by atoms with van der Waals surface area (Å²) >= 11 is 0. The van der Waals surface area contributed by atoms with Gasteiger partial charge in [0.2, 0.25) is 17.7 Å². The van der Waals surface area contributed by atoms with E-state index in [2.05, 4.69) is 0 Å². The van der Waals surface area contributed by atoms with E-state index in [1.807, 2.05) is 98.8 Å². The minimum Gasteiger partial charge on any atom is -0.393 e. The first-order chi connectivity index (χ1) is 21.9. The summed E-state index contributed by atoms with van der Waals surface area (Å²) in [4.78, 5) is 46.6. The Morgan fingerprint density at radius 2 is 1.35 bits per heavy atom. The van der Waals surface area contributed by atoms with E-state index in [-0.39, 0.29) is 24.1 Å². The van der Waals surface area contributed by atoms with Crippen molar-refractivity contribution in [1.29, 1.82) is 0 Å². The van der Waals surface area contributed by atoms with Gasteiger partial charge in [-0.1, -0.05) is 91.0 Å². The number of likely N-dealkylation sites (tertiary alicyclic amines) is 1. The zero-order chi connectivity index (χ0) is 33.3.